The first-order valence-corrected chi connectivity index (χ1v) is 9.70. The van der Waals surface area contributed by atoms with Gasteiger partial charge in [0.15, 0.2) is 0 Å². The van der Waals surface area contributed by atoms with E-state index in [4.69, 9.17) is 0 Å². The fourth-order valence-corrected chi connectivity index (χ4v) is 4.44. The van der Waals surface area contributed by atoms with Crippen molar-refractivity contribution in [2.24, 2.45) is 0 Å². The van der Waals surface area contributed by atoms with Gasteiger partial charge in [0.2, 0.25) is 0 Å². The number of benzene rings is 1. The van der Waals surface area contributed by atoms with Crippen molar-refractivity contribution in [1.29, 1.82) is 0 Å². The first kappa shape index (κ1) is 16.5. The third kappa shape index (κ3) is 3.14. The van der Waals surface area contributed by atoms with Gasteiger partial charge in [0.1, 0.15) is 0 Å². The number of hydrogen-bond donors (Lipinski definition) is 1. The molecule has 3 amide bonds. The predicted molar refractivity (Wildman–Crippen MR) is 98.0 cm³/mol. The monoisotopic (exact) mass is 418 g/mol. The van der Waals surface area contributed by atoms with E-state index in [-0.39, 0.29) is 23.8 Å². The summed E-state index contributed by atoms with van der Waals surface area (Å²) in [4.78, 5) is 39.6. The van der Waals surface area contributed by atoms with E-state index in [1.54, 1.807) is 23.5 Å². The molecule has 0 unspecified atom stereocenters. The molecular weight excluding hydrogens is 404 g/mol. The van der Waals surface area contributed by atoms with Crippen LogP contribution >= 0.6 is 27.3 Å². The van der Waals surface area contributed by atoms with E-state index in [1.165, 1.54) is 15.8 Å². The Balaban J connectivity index is 1.44. The Morgan fingerprint density at radius 3 is 2.60 bits per heavy atom. The van der Waals surface area contributed by atoms with Crippen molar-refractivity contribution in [2.75, 3.05) is 6.54 Å². The molecule has 0 saturated heterocycles. The molecule has 0 spiro atoms. The molecule has 1 N–H and O–H groups in total. The van der Waals surface area contributed by atoms with E-state index in [1.807, 2.05) is 12.1 Å². The quantitative estimate of drug-likeness (QED) is 0.757. The second kappa shape index (κ2) is 6.38. The molecule has 2 aromatic rings. The lowest BCUT2D eigenvalue weighted by molar-refractivity contribution is 0.0642. The molecule has 25 heavy (non-hydrogen) atoms. The molecule has 2 aliphatic rings. The summed E-state index contributed by atoms with van der Waals surface area (Å²) < 4.78 is 1.07. The van der Waals surface area contributed by atoms with Crippen molar-refractivity contribution in [3.05, 3.63) is 55.7 Å². The summed E-state index contributed by atoms with van der Waals surface area (Å²) in [5, 5.41) is 2.86. The van der Waals surface area contributed by atoms with Gasteiger partial charge in [-0.3, -0.25) is 19.3 Å². The van der Waals surface area contributed by atoms with Crippen molar-refractivity contribution in [3.63, 3.8) is 0 Å². The average molecular weight is 419 g/mol. The third-order valence-corrected chi connectivity index (χ3v) is 6.06. The third-order valence-electron chi connectivity index (χ3n) is 4.38. The highest BCUT2D eigenvalue weighted by molar-refractivity contribution is 9.11. The van der Waals surface area contributed by atoms with Crippen LogP contribution in [0.15, 0.2) is 34.1 Å². The molecule has 4 rings (SSSR count). The summed E-state index contributed by atoms with van der Waals surface area (Å²) in [6.07, 6.45) is 2.50. The number of fused-ring (bicyclic) bond motifs is 1. The molecule has 5 nitrogen and oxygen atoms in total. The lowest BCUT2D eigenvalue weighted by Crippen LogP contribution is -2.31. The summed E-state index contributed by atoms with van der Waals surface area (Å²) in [5.74, 6) is -0.748. The van der Waals surface area contributed by atoms with Crippen LogP contribution in [0.25, 0.3) is 0 Å². The summed E-state index contributed by atoms with van der Waals surface area (Å²) in [6, 6.07) is 8.77. The van der Waals surface area contributed by atoms with Crippen molar-refractivity contribution in [3.8, 4) is 0 Å². The number of nitrogens with one attached hydrogen (secondary N) is 1. The van der Waals surface area contributed by atoms with Gasteiger partial charge >= 0.3 is 0 Å². The highest BCUT2D eigenvalue weighted by atomic mass is 79.9. The molecule has 1 saturated carbocycles. The molecule has 1 aromatic carbocycles. The van der Waals surface area contributed by atoms with Crippen LogP contribution in [-0.4, -0.2) is 35.2 Å². The van der Waals surface area contributed by atoms with Gasteiger partial charge in [-0.25, -0.2) is 0 Å². The second-order valence-corrected chi connectivity index (χ2v) is 8.73. The Kier molecular flexibility index (Phi) is 4.21. The van der Waals surface area contributed by atoms with Crippen LogP contribution in [0.1, 0.15) is 48.8 Å². The van der Waals surface area contributed by atoms with Crippen molar-refractivity contribution in [2.45, 2.75) is 25.3 Å². The van der Waals surface area contributed by atoms with Crippen LogP contribution in [-0.2, 0) is 6.42 Å². The van der Waals surface area contributed by atoms with Gasteiger partial charge in [-0.15, -0.1) is 11.3 Å². The van der Waals surface area contributed by atoms with Gasteiger partial charge < -0.3 is 5.32 Å². The molecule has 1 fully saturated rings. The van der Waals surface area contributed by atoms with E-state index in [0.29, 0.717) is 23.2 Å². The first-order valence-electron chi connectivity index (χ1n) is 8.09. The van der Waals surface area contributed by atoms with Crippen LogP contribution in [0.4, 0.5) is 0 Å². The van der Waals surface area contributed by atoms with E-state index < -0.39 is 0 Å². The van der Waals surface area contributed by atoms with E-state index in [2.05, 4.69) is 21.2 Å². The largest absolute Gasteiger partial charge is 0.352 e. The topological polar surface area (TPSA) is 66.5 Å². The molecule has 2 heterocycles. The zero-order chi connectivity index (χ0) is 17.6. The van der Waals surface area contributed by atoms with Crippen molar-refractivity contribution >= 4 is 45.0 Å². The Hall–Kier alpha value is -1.99. The van der Waals surface area contributed by atoms with Gasteiger partial charge in [-0.2, -0.15) is 0 Å². The number of thiophene rings is 1. The number of hydrogen-bond acceptors (Lipinski definition) is 4. The maximum absolute atomic E-state index is 12.4. The molecule has 0 atom stereocenters. The van der Waals surface area contributed by atoms with Gasteiger partial charge in [0.05, 0.1) is 14.9 Å². The number of nitrogens with zero attached hydrogens (tertiary/aromatic N) is 1. The zero-order valence-electron chi connectivity index (χ0n) is 13.3. The minimum atomic E-state index is -0.277. The maximum Gasteiger partial charge on any atom is 0.261 e. The molecule has 7 heteroatoms. The van der Waals surface area contributed by atoms with Crippen molar-refractivity contribution < 1.29 is 14.4 Å². The van der Waals surface area contributed by atoms with Gasteiger partial charge in [-0.1, -0.05) is 0 Å². The molecule has 0 bridgehead atoms. The van der Waals surface area contributed by atoms with Crippen LogP contribution in [0, 0.1) is 0 Å². The van der Waals surface area contributed by atoms with Crippen LogP contribution in [0.2, 0.25) is 0 Å². The normalized spacial score (nSPS) is 16.3. The lowest BCUT2D eigenvalue weighted by Gasteiger charge is -2.11. The minimum Gasteiger partial charge on any atom is -0.352 e. The molecule has 1 aliphatic heterocycles. The minimum absolute atomic E-state index is 0.0368. The van der Waals surface area contributed by atoms with Gasteiger partial charge in [-0.05, 0) is 65.5 Å². The van der Waals surface area contributed by atoms with Crippen LogP contribution < -0.4 is 5.32 Å². The van der Waals surface area contributed by atoms with Crippen LogP contribution in [0.5, 0.6) is 0 Å². The zero-order valence-corrected chi connectivity index (χ0v) is 15.7. The summed E-state index contributed by atoms with van der Waals surface area (Å²) in [5.41, 5.74) is 1.15. The fraction of sp³-hybridized carbons (Fsp3) is 0.278. The number of halogens is 1. The fourth-order valence-electron chi connectivity index (χ4n) is 2.95. The number of imide groups is 1. The highest BCUT2D eigenvalue weighted by Crippen LogP contribution is 2.34. The molecular formula is C18H15BrN2O3S. The number of rotatable bonds is 5. The molecule has 0 radical (unpaired) electrons. The van der Waals surface area contributed by atoms with Gasteiger partial charge in [0.25, 0.3) is 17.7 Å². The highest BCUT2D eigenvalue weighted by Gasteiger charge is 2.44. The number of carbonyl (C=O) groups excluding carboxylic acids is 3. The predicted octanol–water partition coefficient (Wildman–Crippen LogP) is 3.24. The second-order valence-electron chi connectivity index (χ2n) is 6.18. The Bertz CT molecular complexity index is 888. The van der Waals surface area contributed by atoms with Crippen molar-refractivity contribution in [1.82, 2.24) is 10.2 Å². The van der Waals surface area contributed by atoms with E-state index in [9.17, 15) is 14.4 Å². The Morgan fingerprint density at radius 2 is 1.92 bits per heavy atom. The molecule has 128 valence electrons. The lowest BCUT2D eigenvalue weighted by atomic mass is 10.1. The molecule has 1 aromatic heterocycles. The Labute approximate surface area is 157 Å². The SMILES string of the molecule is O=C(NCCc1ccc(Br)s1)c1ccc2c(c1)C(=O)N(C1CC1)C2=O. The number of amides is 3. The smallest absolute Gasteiger partial charge is 0.261 e. The Morgan fingerprint density at radius 1 is 1.16 bits per heavy atom. The van der Waals surface area contributed by atoms with Gasteiger partial charge in [0, 0.05) is 23.0 Å². The van der Waals surface area contributed by atoms with E-state index in [0.717, 1.165) is 23.0 Å². The number of carbonyl (C=O) groups is 3. The summed E-state index contributed by atoms with van der Waals surface area (Å²) >= 11 is 5.05. The van der Waals surface area contributed by atoms with Crippen LogP contribution in [0.3, 0.4) is 0 Å². The summed E-state index contributed by atoms with van der Waals surface area (Å²) in [6.45, 7) is 0.518. The van der Waals surface area contributed by atoms with E-state index >= 15 is 0 Å². The maximum atomic E-state index is 12.4. The first-order chi connectivity index (χ1) is 12.0. The standard InChI is InChI=1S/C18H15BrN2O3S/c19-15-6-4-12(25-15)7-8-20-16(22)10-1-5-13-14(9-10)18(24)21(17(13)23)11-2-3-11/h1,4-6,9,11H,2-3,7-8H2,(H,20,22). The molecule has 1 aliphatic carbocycles. The average Bonchev–Trinajstić information content (AvgIpc) is 3.30. The summed E-state index contributed by atoms with van der Waals surface area (Å²) in [7, 11) is 0.